The highest BCUT2D eigenvalue weighted by molar-refractivity contribution is 7.91. The molecule has 4 rings (SSSR count). The Morgan fingerprint density at radius 2 is 1.70 bits per heavy atom. The summed E-state index contributed by atoms with van der Waals surface area (Å²) >= 11 is 1.22. The van der Waals surface area contributed by atoms with E-state index in [9.17, 15) is 13.2 Å². The fourth-order valence-electron chi connectivity index (χ4n) is 3.96. The van der Waals surface area contributed by atoms with Crippen molar-refractivity contribution in [2.75, 3.05) is 38.1 Å². The topological polar surface area (TPSA) is 79.0 Å². The van der Waals surface area contributed by atoms with E-state index in [0.717, 1.165) is 5.56 Å². The number of benzene rings is 2. The molecule has 1 aromatic heterocycles. The zero-order valence-electron chi connectivity index (χ0n) is 18.4. The van der Waals surface area contributed by atoms with E-state index in [2.05, 4.69) is 5.32 Å². The Hall–Kier alpha value is -2.72. The van der Waals surface area contributed by atoms with E-state index in [0.29, 0.717) is 48.4 Å². The van der Waals surface area contributed by atoms with Crippen LogP contribution in [0.1, 0.15) is 18.5 Å². The van der Waals surface area contributed by atoms with Crippen molar-refractivity contribution in [2.24, 2.45) is 0 Å². The molecule has 1 fully saturated rings. The van der Waals surface area contributed by atoms with E-state index in [-0.39, 0.29) is 5.91 Å². The number of nitrogens with one attached hydrogen (secondary N) is 1. The molecule has 0 spiro atoms. The van der Waals surface area contributed by atoms with Crippen LogP contribution in [-0.2, 0) is 14.8 Å². The number of piperazine rings is 1. The van der Waals surface area contributed by atoms with Crippen molar-refractivity contribution >= 4 is 33.0 Å². The van der Waals surface area contributed by atoms with Crippen LogP contribution in [0.5, 0.6) is 5.75 Å². The maximum Gasteiger partial charge on any atom is 0.252 e. The first-order chi connectivity index (χ1) is 16.0. The standard InChI is InChI=1S/C24H27N3O4S2/c1-2-31-21-12-7-6-11-20(21)25-24(28)23(19-9-4-3-5-10-19)26-14-16-27(17-15-26)33(29,30)22-13-8-18-32-22/h3-13,18,23H,2,14-17H2,1H3,(H,25,28). The largest absolute Gasteiger partial charge is 0.492 e. The summed E-state index contributed by atoms with van der Waals surface area (Å²) in [5.41, 5.74) is 1.47. The van der Waals surface area contributed by atoms with Gasteiger partial charge in [-0.15, -0.1) is 11.3 Å². The highest BCUT2D eigenvalue weighted by Crippen LogP contribution is 2.29. The van der Waals surface area contributed by atoms with Crippen molar-refractivity contribution in [3.8, 4) is 5.75 Å². The quantitative estimate of drug-likeness (QED) is 0.525. The van der Waals surface area contributed by atoms with Gasteiger partial charge in [0.15, 0.2) is 0 Å². The van der Waals surface area contributed by atoms with E-state index in [1.807, 2.05) is 66.4 Å². The number of carbonyl (C=O) groups is 1. The van der Waals surface area contributed by atoms with Gasteiger partial charge >= 0.3 is 0 Å². The number of nitrogens with zero attached hydrogens (tertiary/aromatic N) is 2. The molecule has 0 aliphatic carbocycles. The first kappa shape index (κ1) is 23.4. The average molecular weight is 486 g/mol. The second-order valence-corrected chi connectivity index (χ2v) is 10.7. The van der Waals surface area contributed by atoms with Gasteiger partial charge in [0.05, 0.1) is 12.3 Å². The zero-order valence-corrected chi connectivity index (χ0v) is 20.0. The predicted octanol–water partition coefficient (Wildman–Crippen LogP) is 3.83. The van der Waals surface area contributed by atoms with Crippen molar-refractivity contribution in [1.29, 1.82) is 0 Å². The lowest BCUT2D eigenvalue weighted by atomic mass is 10.0. The summed E-state index contributed by atoms with van der Waals surface area (Å²) in [5, 5.41) is 4.78. The summed E-state index contributed by atoms with van der Waals surface area (Å²) in [7, 11) is -3.51. The van der Waals surface area contributed by atoms with Crippen molar-refractivity contribution < 1.29 is 17.9 Å². The number of ether oxygens (including phenoxy) is 1. The van der Waals surface area contributed by atoms with Crippen LogP contribution < -0.4 is 10.1 Å². The van der Waals surface area contributed by atoms with Gasteiger partial charge in [-0.3, -0.25) is 9.69 Å². The summed E-state index contributed by atoms with van der Waals surface area (Å²) in [5.74, 6) is 0.440. The smallest absolute Gasteiger partial charge is 0.252 e. The number of rotatable bonds is 8. The maximum absolute atomic E-state index is 13.5. The molecule has 0 bridgehead atoms. The number of thiophene rings is 1. The average Bonchev–Trinajstić information content (AvgIpc) is 3.38. The van der Waals surface area contributed by atoms with Crippen LogP contribution in [0.25, 0.3) is 0 Å². The minimum Gasteiger partial charge on any atom is -0.492 e. The molecule has 174 valence electrons. The van der Waals surface area contributed by atoms with Gasteiger partial charge in [-0.1, -0.05) is 48.5 Å². The third kappa shape index (κ3) is 5.27. The molecule has 2 aromatic carbocycles. The van der Waals surface area contributed by atoms with Gasteiger partial charge < -0.3 is 10.1 Å². The molecule has 0 saturated carbocycles. The number of hydrogen-bond acceptors (Lipinski definition) is 6. The normalized spacial score (nSPS) is 16.3. The summed E-state index contributed by atoms with van der Waals surface area (Å²) in [4.78, 5) is 15.5. The summed E-state index contributed by atoms with van der Waals surface area (Å²) in [6.45, 7) is 3.94. The number of anilines is 1. The van der Waals surface area contributed by atoms with E-state index < -0.39 is 16.1 Å². The van der Waals surface area contributed by atoms with Gasteiger partial charge in [0.1, 0.15) is 16.0 Å². The van der Waals surface area contributed by atoms with Gasteiger partial charge in [-0.2, -0.15) is 4.31 Å². The van der Waals surface area contributed by atoms with Crippen LogP contribution in [0, 0.1) is 0 Å². The lowest BCUT2D eigenvalue weighted by Gasteiger charge is -2.38. The van der Waals surface area contributed by atoms with Crippen molar-refractivity contribution in [1.82, 2.24) is 9.21 Å². The summed E-state index contributed by atoms with van der Waals surface area (Å²) in [6.07, 6.45) is 0. The van der Waals surface area contributed by atoms with Gasteiger partial charge in [-0.25, -0.2) is 8.42 Å². The molecule has 1 unspecified atom stereocenters. The molecule has 1 aliphatic heterocycles. The molecule has 0 radical (unpaired) electrons. The summed E-state index contributed by atoms with van der Waals surface area (Å²) < 4.78 is 33.3. The highest BCUT2D eigenvalue weighted by atomic mass is 32.2. The second-order valence-electron chi connectivity index (χ2n) is 7.60. The summed E-state index contributed by atoms with van der Waals surface area (Å²) in [6, 6.07) is 19.7. The molecule has 2 heterocycles. The minimum absolute atomic E-state index is 0.178. The predicted molar refractivity (Wildman–Crippen MR) is 130 cm³/mol. The van der Waals surface area contributed by atoms with Gasteiger partial charge in [-0.05, 0) is 36.1 Å². The van der Waals surface area contributed by atoms with Crippen LogP contribution in [0.4, 0.5) is 5.69 Å². The molecule has 1 saturated heterocycles. The zero-order chi connectivity index (χ0) is 23.3. The van der Waals surface area contributed by atoms with Crippen molar-refractivity contribution in [2.45, 2.75) is 17.2 Å². The highest BCUT2D eigenvalue weighted by Gasteiger charge is 2.35. The van der Waals surface area contributed by atoms with Crippen LogP contribution in [0.3, 0.4) is 0 Å². The number of amides is 1. The number of hydrogen-bond donors (Lipinski definition) is 1. The van der Waals surface area contributed by atoms with Crippen LogP contribution >= 0.6 is 11.3 Å². The Morgan fingerprint density at radius 1 is 1.00 bits per heavy atom. The van der Waals surface area contributed by atoms with Gasteiger partial charge in [0.2, 0.25) is 5.91 Å². The lowest BCUT2D eigenvalue weighted by molar-refractivity contribution is -0.122. The third-order valence-corrected chi connectivity index (χ3v) is 8.81. The van der Waals surface area contributed by atoms with Crippen molar-refractivity contribution in [3.63, 3.8) is 0 Å². The van der Waals surface area contributed by atoms with Crippen molar-refractivity contribution in [3.05, 3.63) is 77.7 Å². The van der Waals surface area contributed by atoms with Gasteiger partial charge in [0.25, 0.3) is 10.0 Å². The number of para-hydroxylation sites is 2. The molecular formula is C24H27N3O4S2. The Kier molecular flexibility index (Phi) is 7.44. The molecule has 9 heteroatoms. The first-order valence-electron chi connectivity index (χ1n) is 10.9. The van der Waals surface area contributed by atoms with Crippen LogP contribution in [-0.4, -0.2) is 56.3 Å². The fourth-order valence-corrected chi connectivity index (χ4v) is 6.52. The van der Waals surface area contributed by atoms with E-state index in [1.165, 1.54) is 15.6 Å². The Balaban J connectivity index is 1.54. The monoisotopic (exact) mass is 485 g/mol. The Labute approximate surface area is 198 Å². The molecular weight excluding hydrogens is 458 g/mol. The SMILES string of the molecule is CCOc1ccccc1NC(=O)C(c1ccccc1)N1CCN(S(=O)(=O)c2cccs2)CC1. The number of carbonyl (C=O) groups excluding carboxylic acids is 1. The molecule has 1 N–H and O–H groups in total. The van der Waals surface area contributed by atoms with Crippen LogP contribution in [0.15, 0.2) is 76.3 Å². The second kappa shape index (κ2) is 10.5. The Bertz CT molecular complexity index is 1160. The molecule has 1 atom stereocenters. The molecule has 1 amide bonds. The maximum atomic E-state index is 13.5. The van der Waals surface area contributed by atoms with E-state index in [4.69, 9.17) is 4.74 Å². The van der Waals surface area contributed by atoms with E-state index in [1.54, 1.807) is 17.5 Å². The van der Waals surface area contributed by atoms with E-state index >= 15 is 0 Å². The molecule has 3 aromatic rings. The Morgan fingerprint density at radius 3 is 2.36 bits per heavy atom. The molecule has 7 nitrogen and oxygen atoms in total. The molecule has 33 heavy (non-hydrogen) atoms. The minimum atomic E-state index is -3.51. The number of sulfonamides is 1. The fraction of sp³-hybridized carbons (Fsp3) is 0.292. The van der Waals surface area contributed by atoms with Gasteiger partial charge in [0, 0.05) is 26.2 Å². The lowest BCUT2D eigenvalue weighted by Crippen LogP contribution is -2.51. The molecule has 1 aliphatic rings. The first-order valence-corrected chi connectivity index (χ1v) is 13.2. The third-order valence-electron chi connectivity index (χ3n) is 5.54. The van der Waals surface area contributed by atoms with Crippen LogP contribution in [0.2, 0.25) is 0 Å².